The zero-order valence-corrected chi connectivity index (χ0v) is 15.7. The monoisotopic (exact) mass is 443 g/mol. The van der Waals surface area contributed by atoms with Crippen LogP contribution in [0.4, 0.5) is 22.0 Å². The summed E-state index contributed by atoms with van der Waals surface area (Å²) >= 11 is 0. The number of pyridine rings is 1. The Morgan fingerprint density at radius 2 is 1.79 bits per heavy atom. The van der Waals surface area contributed by atoms with Crippen LogP contribution in [0.3, 0.4) is 0 Å². The molecule has 0 bridgehead atoms. The highest BCUT2D eigenvalue weighted by Gasteiger charge is 2.52. The van der Waals surface area contributed by atoms with E-state index in [4.69, 9.17) is 9.90 Å². The largest absolute Gasteiger partial charge is 0.490 e. The summed E-state index contributed by atoms with van der Waals surface area (Å²) in [6.07, 6.45) is -6.13. The zero-order valence-electron chi connectivity index (χ0n) is 14.9. The molecule has 162 valence electrons. The number of sulfonamides is 1. The van der Waals surface area contributed by atoms with Crippen LogP contribution in [0.2, 0.25) is 0 Å². The first-order valence-corrected chi connectivity index (χ1v) is 10.1. The van der Waals surface area contributed by atoms with E-state index in [1.54, 1.807) is 0 Å². The fourth-order valence-electron chi connectivity index (χ4n) is 3.18. The van der Waals surface area contributed by atoms with Crippen molar-refractivity contribution in [2.24, 2.45) is 5.41 Å². The first-order chi connectivity index (χ1) is 13.4. The van der Waals surface area contributed by atoms with Gasteiger partial charge in [0.2, 0.25) is 10.0 Å². The average Bonchev–Trinajstić information content (AvgIpc) is 3.35. The molecule has 1 aliphatic carbocycles. The molecule has 2 saturated heterocycles. The van der Waals surface area contributed by atoms with Gasteiger partial charge in [-0.05, 0) is 25.0 Å². The molecule has 1 spiro atoms. The molecule has 3 fully saturated rings. The van der Waals surface area contributed by atoms with Crippen molar-refractivity contribution in [1.82, 2.24) is 14.6 Å². The molecule has 7 nitrogen and oxygen atoms in total. The van der Waals surface area contributed by atoms with Crippen LogP contribution < -0.4 is 5.32 Å². The number of nitrogens with zero attached hydrogens (tertiary/aromatic N) is 2. The highest BCUT2D eigenvalue weighted by molar-refractivity contribution is 7.89. The number of rotatable bonds is 4. The zero-order chi connectivity index (χ0) is 21.6. The molecule has 0 radical (unpaired) electrons. The molecule has 2 aliphatic heterocycles. The Bertz CT molecular complexity index is 890. The number of aromatic nitrogens is 1. The lowest BCUT2D eigenvalue weighted by Crippen LogP contribution is -2.71. The summed E-state index contributed by atoms with van der Waals surface area (Å²) in [4.78, 5) is 13.0. The number of hydrogen-bond acceptors (Lipinski definition) is 5. The molecule has 0 aromatic carbocycles. The number of aliphatic carboxylic acids is 1. The van der Waals surface area contributed by atoms with Gasteiger partial charge in [-0.2, -0.15) is 17.5 Å². The van der Waals surface area contributed by atoms with Gasteiger partial charge in [0.1, 0.15) is 10.6 Å². The summed E-state index contributed by atoms with van der Waals surface area (Å²) in [5.74, 6) is -2.75. The van der Waals surface area contributed by atoms with Crippen molar-refractivity contribution in [3.63, 3.8) is 0 Å². The van der Waals surface area contributed by atoms with E-state index in [0.29, 0.717) is 18.8 Å². The molecule has 3 heterocycles. The summed E-state index contributed by atoms with van der Waals surface area (Å²) < 4.78 is 84.3. The van der Waals surface area contributed by atoms with Gasteiger partial charge in [-0.1, -0.05) is 0 Å². The first kappa shape index (κ1) is 21.8. The molecule has 4 rings (SSSR count). The van der Waals surface area contributed by atoms with Crippen molar-refractivity contribution >= 4 is 16.0 Å². The van der Waals surface area contributed by atoms with E-state index in [9.17, 15) is 30.4 Å². The van der Waals surface area contributed by atoms with Gasteiger partial charge >= 0.3 is 12.1 Å². The quantitative estimate of drug-likeness (QED) is 0.692. The standard InChI is InChI=1S/C14H17F2N3O2S.C2HF3O2/c15-13(16)10-3-4-11(12(18-10)9-1-2-9)22(20,21)19-7-14(8-19)5-17-6-14;3-2(4,5)1(6)7/h3-4,9,13,17H,1-2,5-8H2;(H,6,7). The Kier molecular flexibility index (Phi) is 5.60. The summed E-state index contributed by atoms with van der Waals surface area (Å²) in [6, 6.07) is 2.44. The van der Waals surface area contributed by atoms with Crippen LogP contribution in [0, 0.1) is 5.41 Å². The highest BCUT2D eigenvalue weighted by atomic mass is 32.2. The Labute approximate surface area is 163 Å². The van der Waals surface area contributed by atoms with Gasteiger partial charge in [0.05, 0.1) is 5.69 Å². The summed E-state index contributed by atoms with van der Waals surface area (Å²) in [6.45, 7) is 2.69. The van der Waals surface area contributed by atoms with E-state index in [-0.39, 0.29) is 21.9 Å². The number of nitrogens with one attached hydrogen (secondary N) is 1. The molecular formula is C16H18F5N3O4S. The van der Waals surface area contributed by atoms with Crippen LogP contribution in [-0.4, -0.2) is 61.1 Å². The number of halogens is 5. The normalized spacial score (nSPS) is 21.2. The van der Waals surface area contributed by atoms with Gasteiger partial charge in [-0.25, -0.2) is 22.0 Å². The van der Waals surface area contributed by atoms with Gasteiger partial charge in [0.25, 0.3) is 6.43 Å². The summed E-state index contributed by atoms with van der Waals surface area (Å²) in [7, 11) is -3.63. The topological polar surface area (TPSA) is 99.6 Å². The molecule has 0 unspecified atom stereocenters. The number of hydrogen-bond donors (Lipinski definition) is 2. The number of alkyl halides is 5. The minimum absolute atomic E-state index is 0.00378. The second-order valence-corrected chi connectivity index (χ2v) is 9.28. The second-order valence-electron chi connectivity index (χ2n) is 7.37. The minimum atomic E-state index is -5.08. The minimum Gasteiger partial charge on any atom is -0.475 e. The van der Waals surface area contributed by atoms with E-state index in [1.165, 1.54) is 10.4 Å². The Morgan fingerprint density at radius 3 is 2.17 bits per heavy atom. The lowest BCUT2D eigenvalue weighted by molar-refractivity contribution is -0.192. The van der Waals surface area contributed by atoms with Gasteiger partial charge in [0, 0.05) is 37.5 Å². The van der Waals surface area contributed by atoms with Crippen molar-refractivity contribution in [1.29, 1.82) is 0 Å². The fraction of sp³-hybridized carbons (Fsp3) is 0.625. The van der Waals surface area contributed by atoms with Crippen molar-refractivity contribution in [3.05, 3.63) is 23.5 Å². The Hall–Kier alpha value is -1.86. The summed E-state index contributed by atoms with van der Waals surface area (Å²) in [5, 5.41) is 10.3. The third kappa shape index (κ3) is 4.51. The van der Waals surface area contributed by atoms with E-state index >= 15 is 0 Å². The molecule has 1 aromatic heterocycles. The van der Waals surface area contributed by atoms with Gasteiger partial charge < -0.3 is 10.4 Å². The fourth-order valence-corrected chi connectivity index (χ4v) is 5.06. The maximum absolute atomic E-state index is 12.8. The lowest BCUT2D eigenvalue weighted by atomic mass is 9.76. The van der Waals surface area contributed by atoms with Crippen LogP contribution in [0.15, 0.2) is 17.0 Å². The Balaban J connectivity index is 0.000000298. The maximum atomic E-state index is 12.8. The lowest BCUT2D eigenvalue weighted by Gasteiger charge is -2.55. The van der Waals surface area contributed by atoms with Crippen LogP contribution >= 0.6 is 0 Å². The SMILES string of the molecule is O=C(O)C(F)(F)F.O=S(=O)(c1ccc(C(F)F)nc1C1CC1)N1CC2(CNC2)C1. The summed E-state index contributed by atoms with van der Waals surface area (Å²) in [5.41, 5.74) is 0.0676. The van der Waals surface area contributed by atoms with Crippen molar-refractivity contribution in [2.45, 2.75) is 36.3 Å². The number of carboxylic acid groups (broad SMARTS) is 1. The molecule has 29 heavy (non-hydrogen) atoms. The molecule has 13 heteroatoms. The molecule has 1 aromatic rings. The highest BCUT2D eigenvalue weighted by Crippen LogP contribution is 2.45. The first-order valence-electron chi connectivity index (χ1n) is 8.66. The predicted molar refractivity (Wildman–Crippen MR) is 88.9 cm³/mol. The third-order valence-electron chi connectivity index (χ3n) is 4.98. The van der Waals surface area contributed by atoms with Gasteiger partial charge in [-0.15, -0.1) is 0 Å². The maximum Gasteiger partial charge on any atom is 0.490 e. The molecule has 3 aliphatic rings. The third-order valence-corrected chi connectivity index (χ3v) is 6.82. The van der Waals surface area contributed by atoms with E-state index in [0.717, 1.165) is 32.0 Å². The van der Waals surface area contributed by atoms with Gasteiger partial charge in [-0.3, -0.25) is 4.98 Å². The van der Waals surface area contributed by atoms with Crippen LogP contribution in [-0.2, 0) is 14.8 Å². The van der Waals surface area contributed by atoms with Crippen LogP contribution in [0.25, 0.3) is 0 Å². The van der Waals surface area contributed by atoms with Gasteiger partial charge in [0.15, 0.2) is 0 Å². The molecule has 1 saturated carbocycles. The molecule has 0 atom stereocenters. The molecule has 2 N–H and O–H groups in total. The number of carboxylic acids is 1. The second kappa shape index (κ2) is 7.43. The molecular weight excluding hydrogens is 425 g/mol. The Morgan fingerprint density at radius 1 is 1.24 bits per heavy atom. The smallest absolute Gasteiger partial charge is 0.475 e. The molecule has 0 amide bonds. The van der Waals surface area contributed by atoms with Crippen LogP contribution in [0.5, 0.6) is 0 Å². The van der Waals surface area contributed by atoms with Crippen molar-refractivity contribution in [3.8, 4) is 0 Å². The van der Waals surface area contributed by atoms with Crippen LogP contribution in [0.1, 0.15) is 36.6 Å². The van der Waals surface area contributed by atoms with E-state index in [1.807, 2.05) is 0 Å². The number of carbonyl (C=O) groups is 1. The van der Waals surface area contributed by atoms with E-state index < -0.39 is 28.6 Å². The van der Waals surface area contributed by atoms with Crippen molar-refractivity contribution in [2.75, 3.05) is 26.2 Å². The van der Waals surface area contributed by atoms with Crippen molar-refractivity contribution < 1.29 is 40.3 Å². The van der Waals surface area contributed by atoms with E-state index in [2.05, 4.69) is 10.3 Å². The average molecular weight is 443 g/mol. The predicted octanol–water partition coefficient (Wildman–Crippen LogP) is 2.12.